The van der Waals surface area contributed by atoms with E-state index in [1.807, 2.05) is 17.5 Å². The van der Waals surface area contributed by atoms with Gasteiger partial charge in [-0.3, -0.25) is 10.1 Å². The summed E-state index contributed by atoms with van der Waals surface area (Å²) in [7, 11) is -3.57. The van der Waals surface area contributed by atoms with Crippen molar-refractivity contribution in [2.45, 2.75) is 25.2 Å². The lowest BCUT2D eigenvalue weighted by atomic mass is 9.94. The average molecular weight is 541 g/mol. The zero-order valence-electron chi connectivity index (χ0n) is 17.0. The van der Waals surface area contributed by atoms with E-state index in [2.05, 4.69) is 40.1 Å². The second-order valence-corrected chi connectivity index (χ2v) is 13.1. The Morgan fingerprint density at radius 3 is 2.42 bits per heavy atom. The highest BCUT2D eigenvalue weighted by atomic mass is 79.9. The lowest BCUT2D eigenvalue weighted by molar-refractivity contribution is 0.102. The van der Waals surface area contributed by atoms with E-state index in [4.69, 9.17) is 0 Å². The highest BCUT2D eigenvalue weighted by Crippen LogP contribution is 2.33. The number of piperidine rings is 1. The summed E-state index contributed by atoms with van der Waals surface area (Å²) in [6.45, 7) is 5.21. The maximum Gasteiger partial charge on any atom is 0.257 e. The summed E-state index contributed by atoms with van der Waals surface area (Å²) in [4.78, 5) is 18.3. The van der Waals surface area contributed by atoms with Crippen LogP contribution in [0.5, 0.6) is 0 Å². The van der Waals surface area contributed by atoms with E-state index in [0.29, 0.717) is 35.6 Å². The van der Waals surface area contributed by atoms with E-state index in [9.17, 15) is 13.2 Å². The van der Waals surface area contributed by atoms with Crippen LogP contribution in [0.3, 0.4) is 0 Å². The number of anilines is 1. The molecule has 1 aromatic carbocycles. The Morgan fingerprint density at radius 2 is 1.81 bits per heavy atom. The van der Waals surface area contributed by atoms with Gasteiger partial charge in [0.25, 0.3) is 5.91 Å². The number of carbonyl (C=O) groups is 1. The van der Waals surface area contributed by atoms with Gasteiger partial charge in [-0.25, -0.2) is 13.4 Å². The second kappa shape index (κ2) is 9.11. The maximum absolute atomic E-state index is 13.0. The van der Waals surface area contributed by atoms with Crippen molar-refractivity contribution in [1.29, 1.82) is 0 Å². The molecule has 1 fully saturated rings. The molecule has 1 amide bonds. The summed E-state index contributed by atoms with van der Waals surface area (Å²) in [5.41, 5.74) is 1.19. The van der Waals surface area contributed by atoms with Crippen LogP contribution in [0.2, 0.25) is 0 Å². The number of aromatic nitrogens is 1. The molecule has 3 aromatic rings. The van der Waals surface area contributed by atoms with Gasteiger partial charge in [-0.2, -0.15) is 4.31 Å². The zero-order chi connectivity index (χ0) is 22.2. The molecule has 1 aliphatic heterocycles. The number of amides is 1. The monoisotopic (exact) mass is 539 g/mol. The highest BCUT2D eigenvalue weighted by Gasteiger charge is 2.31. The number of hydrogen-bond donors (Lipinski definition) is 1. The minimum atomic E-state index is -3.57. The van der Waals surface area contributed by atoms with E-state index in [0.717, 1.165) is 20.8 Å². The predicted molar refractivity (Wildman–Crippen MR) is 129 cm³/mol. The highest BCUT2D eigenvalue weighted by molar-refractivity contribution is 9.11. The molecule has 1 aliphatic rings. The van der Waals surface area contributed by atoms with Gasteiger partial charge < -0.3 is 0 Å². The summed E-state index contributed by atoms with van der Waals surface area (Å²) in [5, 5.41) is 5.18. The van der Waals surface area contributed by atoms with Crippen molar-refractivity contribution in [3.05, 3.63) is 51.1 Å². The van der Waals surface area contributed by atoms with Crippen molar-refractivity contribution in [2.24, 2.45) is 11.8 Å². The zero-order valence-corrected chi connectivity index (χ0v) is 21.1. The molecule has 0 bridgehead atoms. The Morgan fingerprint density at radius 1 is 1.13 bits per heavy atom. The summed E-state index contributed by atoms with van der Waals surface area (Å²) < 4.78 is 28.6. The summed E-state index contributed by atoms with van der Waals surface area (Å²) in [6, 6.07) is 10.0. The third kappa shape index (κ3) is 5.09. The molecule has 0 saturated carbocycles. The van der Waals surface area contributed by atoms with Gasteiger partial charge in [0.05, 0.1) is 19.3 Å². The van der Waals surface area contributed by atoms with Gasteiger partial charge in [0.1, 0.15) is 0 Å². The van der Waals surface area contributed by atoms with Crippen molar-refractivity contribution >= 4 is 59.7 Å². The summed E-state index contributed by atoms with van der Waals surface area (Å²) in [6.07, 6.45) is 1.04. The number of nitrogens with one attached hydrogen (secondary N) is 1. The molecule has 10 heteroatoms. The van der Waals surface area contributed by atoms with E-state index in [1.54, 1.807) is 27.8 Å². The molecular weight excluding hydrogens is 518 g/mol. The number of benzene rings is 1. The number of hydrogen-bond acceptors (Lipinski definition) is 6. The molecular formula is C21H22BrN3O3S3. The van der Waals surface area contributed by atoms with Crippen LogP contribution in [0.25, 0.3) is 10.6 Å². The molecule has 1 saturated heterocycles. The molecule has 2 atom stereocenters. The van der Waals surface area contributed by atoms with E-state index in [1.165, 1.54) is 23.5 Å². The van der Waals surface area contributed by atoms with Crippen molar-refractivity contribution in [3.63, 3.8) is 0 Å². The minimum absolute atomic E-state index is 0.213. The van der Waals surface area contributed by atoms with Crippen LogP contribution in [-0.4, -0.2) is 36.7 Å². The number of thiazole rings is 1. The molecule has 164 valence electrons. The fraction of sp³-hybridized carbons (Fsp3) is 0.333. The van der Waals surface area contributed by atoms with Gasteiger partial charge in [-0.05, 0) is 70.6 Å². The lowest BCUT2D eigenvalue weighted by Crippen LogP contribution is -2.42. The Bertz CT molecular complexity index is 1180. The molecule has 1 N–H and O–H groups in total. The fourth-order valence-corrected chi connectivity index (χ4v) is 7.60. The molecule has 0 radical (unpaired) electrons. The minimum Gasteiger partial charge on any atom is -0.298 e. The third-order valence-electron chi connectivity index (χ3n) is 5.14. The quantitative estimate of drug-likeness (QED) is 0.460. The van der Waals surface area contributed by atoms with Gasteiger partial charge in [0, 0.05) is 24.0 Å². The standard InChI is InChI=1S/C21H22BrN3O3S3/c1-13-9-14(2)11-25(10-13)31(27,28)16-5-3-15(4-6-16)20(26)24-21-23-17(12-29-21)18-7-8-19(22)30-18/h3-8,12-14H,9-11H2,1-2H3,(H,23,24,26)/t13-,14-/m0/s1. The molecule has 0 spiro atoms. The number of rotatable bonds is 5. The van der Waals surface area contributed by atoms with Crippen LogP contribution in [0.1, 0.15) is 30.6 Å². The van der Waals surface area contributed by atoms with Gasteiger partial charge in [-0.1, -0.05) is 13.8 Å². The Kier molecular flexibility index (Phi) is 6.64. The maximum atomic E-state index is 13.0. The number of nitrogens with zero attached hydrogens (tertiary/aromatic N) is 2. The van der Waals surface area contributed by atoms with Crippen LogP contribution in [0.15, 0.2) is 50.5 Å². The number of thiophene rings is 1. The molecule has 2 aromatic heterocycles. The second-order valence-electron chi connectivity index (χ2n) is 7.89. The van der Waals surface area contributed by atoms with Crippen molar-refractivity contribution in [2.75, 3.05) is 18.4 Å². The SMILES string of the molecule is C[C@H]1C[C@H](C)CN(S(=O)(=O)c2ccc(C(=O)Nc3nc(-c4ccc(Br)s4)cs3)cc2)C1. The van der Waals surface area contributed by atoms with Gasteiger partial charge in [0.15, 0.2) is 5.13 Å². The average Bonchev–Trinajstić information content (AvgIpc) is 3.36. The van der Waals surface area contributed by atoms with Crippen LogP contribution in [0.4, 0.5) is 5.13 Å². The third-order valence-corrected chi connectivity index (χ3v) is 9.39. The van der Waals surface area contributed by atoms with E-state index in [-0.39, 0.29) is 10.8 Å². The number of halogens is 1. The predicted octanol–water partition coefficient (Wildman–Crippen LogP) is 5.55. The summed E-state index contributed by atoms with van der Waals surface area (Å²) in [5.74, 6) is 0.349. The van der Waals surface area contributed by atoms with Gasteiger partial charge >= 0.3 is 0 Å². The van der Waals surface area contributed by atoms with Crippen molar-refractivity contribution in [3.8, 4) is 10.6 Å². The fourth-order valence-electron chi connectivity index (χ4n) is 3.79. The molecule has 3 heterocycles. The Balaban J connectivity index is 1.45. The largest absolute Gasteiger partial charge is 0.298 e. The normalized spacial score (nSPS) is 20.0. The number of carbonyl (C=O) groups excluding carboxylic acids is 1. The molecule has 6 nitrogen and oxygen atoms in total. The first-order chi connectivity index (χ1) is 14.7. The van der Waals surface area contributed by atoms with Crippen LogP contribution in [0, 0.1) is 11.8 Å². The van der Waals surface area contributed by atoms with Crippen LogP contribution < -0.4 is 5.32 Å². The smallest absolute Gasteiger partial charge is 0.257 e. The first kappa shape index (κ1) is 22.6. The summed E-state index contributed by atoms with van der Waals surface area (Å²) >= 11 is 6.36. The van der Waals surface area contributed by atoms with Crippen molar-refractivity contribution in [1.82, 2.24) is 9.29 Å². The van der Waals surface area contributed by atoms with Crippen LogP contribution >= 0.6 is 38.6 Å². The van der Waals surface area contributed by atoms with Crippen LogP contribution in [-0.2, 0) is 10.0 Å². The molecule has 31 heavy (non-hydrogen) atoms. The van der Waals surface area contributed by atoms with E-state index >= 15 is 0 Å². The lowest BCUT2D eigenvalue weighted by Gasteiger charge is -2.34. The first-order valence-corrected chi connectivity index (χ1v) is 13.8. The molecule has 0 aliphatic carbocycles. The van der Waals surface area contributed by atoms with Crippen molar-refractivity contribution < 1.29 is 13.2 Å². The molecule has 4 rings (SSSR count). The van der Waals surface area contributed by atoms with E-state index < -0.39 is 10.0 Å². The first-order valence-electron chi connectivity index (χ1n) is 9.85. The Hall–Kier alpha value is -1.59. The number of sulfonamides is 1. The molecule has 0 unspecified atom stereocenters. The van der Waals surface area contributed by atoms with Gasteiger partial charge in [0.2, 0.25) is 10.0 Å². The topological polar surface area (TPSA) is 79.4 Å². The Labute approximate surface area is 198 Å². The van der Waals surface area contributed by atoms with Gasteiger partial charge in [-0.15, -0.1) is 22.7 Å².